The van der Waals surface area contributed by atoms with Crippen molar-refractivity contribution in [2.24, 2.45) is 0 Å². The van der Waals surface area contributed by atoms with Crippen molar-refractivity contribution in [1.29, 1.82) is 0 Å². The molecule has 1 aromatic carbocycles. The Morgan fingerprint density at radius 2 is 1.78 bits per heavy atom. The van der Waals surface area contributed by atoms with Crippen LogP contribution in [-0.4, -0.2) is 24.7 Å². The van der Waals surface area contributed by atoms with Crippen molar-refractivity contribution in [2.45, 2.75) is 6.42 Å². The smallest absolute Gasteiger partial charge is 0.119 e. The standard InChI is InChI=1S/C15H18N2O/c1-2-7-15(8-3-1)18-13-12-16-11-9-14-6-4-5-10-17-14/h1-8,10,16H,9,11-13H2. The van der Waals surface area contributed by atoms with Crippen LogP contribution in [0.3, 0.4) is 0 Å². The first kappa shape index (κ1) is 12.6. The Labute approximate surface area is 108 Å². The maximum atomic E-state index is 5.58. The molecule has 0 aliphatic carbocycles. The third kappa shape index (κ3) is 4.55. The van der Waals surface area contributed by atoms with Crippen molar-refractivity contribution in [2.75, 3.05) is 19.7 Å². The summed E-state index contributed by atoms with van der Waals surface area (Å²) in [5.74, 6) is 0.920. The molecule has 3 nitrogen and oxygen atoms in total. The van der Waals surface area contributed by atoms with Gasteiger partial charge in [0, 0.05) is 31.4 Å². The zero-order valence-electron chi connectivity index (χ0n) is 10.4. The molecule has 1 N–H and O–H groups in total. The molecule has 1 aromatic heterocycles. The molecule has 1 heterocycles. The molecule has 0 amide bonds. The fourth-order valence-electron chi connectivity index (χ4n) is 1.65. The second kappa shape index (κ2) is 7.45. The molecule has 3 heteroatoms. The highest BCUT2D eigenvalue weighted by atomic mass is 16.5. The largest absolute Gasteiger partial charge is 0.492 e. The van der Waals surface area contributed by atoms with Crippen LogP contribution in [0.5, 0.6) is 5.75 Å². The van der Waals surface area contributed by atoms with E-state index in [1.165, 1.54) is 0 Å². The summed E-state index contributed by atoms with van der Waals surface area (Å²) in [5, 5.41) is 3.34. The van der Waals surface area contributed by atoms with Crippen LogP contribution in [0.2, 0.25) is 0 Å². The van der Waals surface area contributed by atoms with Gasteiger partial charge in [0.2, 0.25) is 0 Å². The number of para-hydroxylation sites is 1. The van der Waals surface area contributed by atoms with E-state index in [2.05, 4.69) is 10.3 Å². The Balaban J connectivity index is 1.54. The molecule has 0 bridgehead atoms. The van der Waals surface area contributed by atoms with Gasteiger partial charge in [-0.25, -0.2) is 0 Å². The minimum absolute atomic E-state index is 0.687. The van der Waals surface area contributed by atoms with Crippen molar-refractivity contribution in [3.05, 3.63) is 60.4 Å². The Hall–Kier alpha value is -1.87. The molecule has 0 atom stereocenters. The van der Waals surface area contributed by atoms with Gasteiger partial charge in [-0.15, -0.1) is 0 Å². The van der Waals surface area contributed by atoms with Crippen LogP contribution in [0, 0.1) is 0 Å². The lowest BCUT2D eigenvalue weighted by Gasteiger charge is -2.07. The van der Waals surface area contributed by atoms with Gasteiger partial charge in [-0.1, -0.05) is 24.3 Å². The molecule has 2 aromatic rings. The van der Waals surface area contributed by atoms with Gasteiger partial charge in [-0.2, -0.15) is 0 Å². The van der Waals surface area contributed by atoms with Crippen LogP contribution in [-0.2, 0) is 6.42 Å². The molecule has 0 aliphatic heterocycles. The number of rotatable bonds is 7. The first-order valence-corrected chi connectivity index (χ1v) is 6.23. The monoisotopic (exact) mass is 242 g/mol. The van der Waals surface area contributed by atoms with Crippen LogP contribution < -0.4 is 10.1 Å². The maximum absolute atomic E-state index is 5.58. The second-order valence-corrected chi connectivity index (χ2v) is 3.98. The van der Waals surface area contributed by atoms with Gasteiger partial charge in [-0.3, -0.25) is 4.98 Å². The quantitative estimate of drug-likeness (QED) is 0.756. The van der Waals surface area contributed by atoms with Crippen LogP contribution in [0.4, 0.5) is 0 Å². The Bertz CT molecular complexity index is 387. The third-order valence-electron chi connectivity index (χ3n) is 2.57. The predicted octanol–water partition coefficient (Wildman–Crippen LogP) is 2.29. The number of pyridine rings is 1. The first-order chi connectivity index (χ1) is 8.95. The molecule has 94 valence electrons. The van der Waals surface area contributed by atoms with E-state index >= 15 is 0 Å². The third-order valence-corrected chi connectivity index (χ3v) is 2.57. The van der Waals surface area contributed by atoms with E-state index < -0.39 is 0 Å². The van der Waals surface area contributed by atoms with E-state index in [4.69, 9.17) is 4.74 Å². The minimum atomic E-state index is 0.687. The number of hydrogen-bond donors (Lipinski definition) is 1. The molecule has 0 saturated heterocycles. The van der Waals surface area contributed by atoms with Crippen LogP contribution in [0.25, 0.3) is 0 Å². The maximum Gasteiger partial charge on any atom is 0.119 e. The van der Waals surface area contributed by atoms with Gasteiger partial charge < -0.3 is 10.1 Å². The van der Waals surface area contributed by atoms with E-state index in [9.17, 15) is 0 Å². The van der Waals surface area contributed by atoms with E-state index in [1.807, 2.05) is 54.7 Å². The molecule has 18 heavy (non-hydrogen) atoms. The first-order valence-electron chi connectivity index (χ1n) is 6.23. The number of nitrogens with one attached hydrogen (secondary N) is 1. The molecule has 0 spiro atoms. The molecule has 2 rings (SSSR count). The van der Waals surface area contributed by atoms with E-state index in [-0.39, 0.29) is 0 Å². The lowest BCUT2D eigenvalue weighted by molar-refractivity contribution is 0.314. The van der Waals surface area contributed by atoms with Crippen molar-refractivity contribution >= 4 is 0 Å². The van der Waals surface area contributed by atoms with Crippen molar-refractivity contribution in [1.82, 2.24) is 10.3 Å². The Morgan fingerprint density at radius 1 is 0.944 bits per heavy atom. The molecule has 0 unspecified atom stereocenters. The predicted molar refractivity (Wildman–Crippen MR) is 72.7 cm³/mol. The summed E-state index contributed by atoms with van der Waals surface area (Å²) in [6.45, 7) is 2.46. The zero-order chi connectivity index (χ0) is 12.5. The average Bonchev–Trinajstić information content (AvgIpc) is 2.45. The summed E-state index contributed by atoms with van der Waals surface area (Å²) in [7, 11) is 0. The summed E-state index contributed by atoms with van der Waals surface area (Å²) in [5.41, 5.74) is 1.12. The minimum Gasteiger partial charge on any atom is -0.492 e. The fraction of sp³-hybridized carbons (Fsp3) is 0.267. The van der Waals surface area contributed by atoms with Gasteiger partial charge >= 0.3 is 0 Å². The molecule has 0 saturated carbocycles. The van der Waals surface area contributed by atoms with Crippen LogP contribution in [0.15, 0.2) is 54.7 Å². The highest BCUT2D eigenvalue weighted by molar-refractivity contribution is 5.20. The normalized spacial score (nSPS) is 10.2. The van der Waals surface area contributed by atoms with Gasteiger partial charge in [-0.05, 0) is 24.3 Å². The molecule has 0 fully saturated rings. The zero-order valence-corrected chi connectivity index (χ0v) is 10.4. The number of benzene rings is 1. The highest BCUT2D eigenvalue weighted by Gasteiger charge is 1.94. The summed E-state index contributed by atoms with van der Waals surface area (Å²) >= 11 is 0. The van der Waals surface area contributed by atoms with Crippen molar-refractivity contribution < 1.29 is 4.74 Å². The SMILES string of the molecule is c1ccc(OCCNCCc2ccccn2)cc1. The highest BCUT2D eigenvalue weighted by Crippen LogP contribution is 2.07. The summed E-state index contributed by atoms with van der Waals surface area (Å²) in [4.78, 5) is 4.27. The average molecular weight is 242 g/mol. The van der Waals surface area contributed by atoms with Gasteiger partial charge in [0.25, 0.3) is 0 Å². The van der Waals surface area contributed by atoms with Crippen LogP contribution >= 0.6 is 0 Å². The molecule has 0 radical (unpaired) electrons. The summed E-state index contributed by atoms with van der Waals surface area (Å²) in [6.07, 6.45) is 2.78. The Morgan fingerprint density at radius 3 is 2.56 bits per heavy atom. The van der Waals surface area contributed by atoms with E-state index in [1.54, 1.807) is 0 Å². The lowest BCUT2D eigenvalue weighted by Crippen LogP contribution is -2.23. The number of hydrogen-bond acceptors (Lipinski definition) is 3. The van der Waals surface area contributed by atoms with E-state index in [0.717, 1.165) is 31.0 Å². The lowest BCUT2D eigenvalue weighted by atomic mass is 10.3. The van der Waals surface area contributed by atoms with Crippen molar-refractivity contribution in [3.63, 3.8) is 0 Å². The van der Waals surface area contributed by atoms with Crippen molar-refractivity contribution in [3.8, 4) is 5.75 Å². The molecule has 0 aliphatic rings. The molecular formula is C15H18N2O. The fourth-order valence-corrected chi connectivity index (χ4v) is 1.65. The number of aromatic nitrogens is 1. The van der Waals surface area contributed by atoms with Gasteiger partial charge in [0.1, 0.15) is 12.4 Å². The van der Waals surface area contributed by atoms with E-state index in [0.29, 0.717) is 6.61 Å². The summed E-state index contributed by atoms with van der Waals surface area (Å²) < 4.78 is 5.58. The number of ether oxygens (including phenoxy) is 1. The topological polar surface area (TPSA) is 34.1 Å². The number of nitrogens with zero attached hydrogens (tertiary/aromatic N) is 1. The second-order valence-electron chi connectivity index (χ2n) is 3.98. The summed E-state index contributed by atoms with van der Waals surface area (Å²) in [6, 6.07) is 15.9. The van der Waals surface area contributed by atoms with Gasteiger partial charge in [0.05, 0.1) is 0 Å². The van der Waals surface area contributed by atoms with Gasteiger partial charge in [0.15, 0.2) is 0 Å². The molecular weight excluding hydrogens is 224 g/mol. The Kier molecular flexibility index (Phi) is 5.21. The van der Waals surface area contributed by atoms with Crippen LogP contribution in [0.1, 0.15) is 5.69 Å².